The Balaban J connectivity index is 1.25. The van der Waals surface area contributed by atoms with Crippen LogP contribution in [0.2, 0.25) is 0 Å². The molecule has 0 unspecified atom stereocenters. The number of benzene rings is 2. The molecule has 2 heterocycles. The zero-order valence-corrected chi connectivity index (χ0v) is 15.1. The van der Waals surface area contributed by atoms with Gasteiger partial charge in [0.05, 0.1) is 16.9 Å². The number of nitrogens with zero attached hydrogens (tertiary/aromatic N) is 4. The maximum absolute atomic E-state index is 10.7. The summed E-state index contributed by atoms with van der Waals surface area (Å²) in [6, 6.07) is 15.2. The van der Waals surface area contributed by atoms with Crippen LogP contribution in [0.4, 0.5) is 5.69 Å². The predicted molar refractivity (Wildman–Crippen MR) is 104 cm³/mol. The van der Waals surface area contributed by atoms with Crippen LogP contribution in [0.5, 0.6) is 0 Å². The first-order valence-corrected chi connectivity index (χ1v) is 9.25. The maximum atomic E-state index is 10.7. The molecule has 1 aliphatic heterocycles. The highest BCUT2D eigenvalue weighted by molar-refractivity contribution is 5.60. The lowest BCUT2D eigenvalue weighted by molar-refractivity contribution is -0.384. The van der Waals surface area contributed by atoms with Crippen LogP contribution in [-0.4, -0.2) is 25.9 Å². The van der Waals surface area contributed by atoms with Gasteiger partial charge in [-0.3, -0.25) is 15.0 Å². The third-order valence-electron chi connectivity index (χ3n) is 5.05. The van der Waals surface area contributed by atoms with Gasteiger partial charge in [0, 0.05) is 43.5 Å². The molecule has 138 valence electrons. The van der Waals surface area contributed by atoms with Crippen molar-refractivity contribution >= 4 is 5.69 Å². The molecule has 0 spiro atoms. The number of unbranched alkanes of at least 4 members (excludes halogenated alkanes) is 1. The zero-order chi connectivity index (χ0) is 18.6. The highest BCUT2D eigenvalue weighted by atomic mass is 16.6. The maximum Gasteiger partial charge on any atom is 0.269 e. The number of non-ortho nitro benzene ring substituents is 1. The molecular weight excluding hydrogens is 340 g/mol. The van der Waals surface area contributed by atoms with E-state index in [4.69, 9.17) is 0 Å². The number of nitro benzene ring substituents is 1. The second-order valence-corrected chi connectivity index (χ2v) is 6.99. The molecular formula is C21H22N4O2. The van der Waals surface area contributed by atoms with Gasteiger partial charge in [0.1, 0.15) is 0 Å². The van der Waals surface area contributed by atoms with E-state index in [1.165, 1.54) is 23.3 Å². The predicted octanol–water partition coefficient (Wildman–Crippen LogP) is 4.25. The van der Waals surface area contributed by atoms with Crippen molar-refractivity contribution in [2.45, 2.75) is 32.5 Å². The van der Waals surface area contributed by atoms with Crippen molar-refractivity contribution in [3.05, 3.63) is 82.3 Å². The molecule has 27 heavy (non-hydrogen) atoms. The molecule has 0 saturated heterocycles. The SMILES string of the molecule is O=[N+]([O-])c1ccc(-c2cn(CCCCN3Cc4ccccc4C3)cn2)cc1. The largest absolute Gasteiger partial charge is 0.337 e. The third kappa shape index (κ3) is 4.06. The van der Waals surface area contributed by atoms with Gasteiger partial charge < -0.3 is 4.57 Å². The standard InChI is InChI=1S/C21H22N4O2/c26-25(27)20-9-7-17(8-10-20)21-15-24(16-22-21)12-4-3-11-23-13-18-5-1-2-6-19(18)14-23/h1-2,5-10,15-16H,3-4,11-14H2. The van der Waals surface area contributed by atoms with E-state index in [0.717, 1.165) is 50.3 Å². The first kappa shape index (κ1) is 17.4. The van der Waals surface area contributed by atoms with Crippen LogP contribution in [-0.2, 0) is 19.6 Å². The smallest absolute Gasteiger partial charge is 0.269 e. The Labute approximate surface area is 158 Å². The van der Waals surface area contributed by atoms with E-state index < -0.39 is 0 Å². The molecule has 0 aliphatic carbocycles. The molecule has 1 aliphatic rings. The fourth-order valence-corrected chi connectivity index (χ4v) is 3.58. The van der Waals surface area contributed by atoms with Gasteiger partial charge >= 0.3 is 0 Å². The highest BCUT2D eigenvalue weighted by Crippen LogP contribution is 2.23. The molecule has 4 rings (SSSR count). The minimum atomic E-state index is -0.388. The van der Waals surface area contributed by atoms with Crippen LogP contribution >= 0.6 is 0 Å². The molecule has 0 bridgehead atoms. The fourth-order valence-electron chi connectivity index (χ4n) is 3.58. The third-order valence-corrected chi connectivity index (χ3v) is 5.05. The number of fused-ring (bicyclic) bond motifs is 1. The molecule has 1 aromatic heterocycles. The molecule has 0 fully saturated rings. The molecule has 2 aromatic carbocycles. The van der Waals surface area contributed by atoms with Crippen molar-refractivity contribution in [1.29, 1.82) is 0 Å². The Morgan fingerprint density at radius 1 is 0.963 bits per heavy atom. The molecule has 0 radical (unpaired) electrons. The van der Waals surface area contributed by atoms with Gasteiger partial charge in [0.25, 0.3) is 5.69 Å². The average molecular weight is 362 g/mol. The van der Waals surface area contributed by atoms with E-state index in [0.29, 0.717) is 0 Å². The van der Waals surface area contributed by atoms with Gasteiger partial charge in [-0.05, 0) is 42.6 Å². The lowest BCUT2D eigenvalue weighted by Crippen LogP contribution is -2.18. The number of nitro groups is 1. The molecule has 6 nitrogen and oxygen atoms in total. The normalized spacial score (nSPS) is 13.6. The van der Waals surface area contributed by atoms with E-state index in [9.17, 15) is 10.1 Å². The second kappa shape index (κ2) is 7.72. The molecule has 0 saturated carbocycles. The van der Waals surface area contributed by atoms with E-state index >= 15 is 0 Å². The summed E-state index contributed by atoms with van der Waals surface area (Å²) in [6.07, 6.45) is 6.09. The fraction of sp³-hybridized carbons (Fsp3) is 0.286. The van der Waals surface area contributed by atoms with Gasteiger partial charge in [-0.25, -0.2) is 4.98 Å². The van der Waals surface area contributed by atoms with Crippen molar-refractivity contribution < 1.29 is 4.92 Å². The second-order valence-electron chi connectivity index (χ2n) is 6.99. The van der Waals surface area contributed by atoms with E-state index in [2.05, 4.69) is 38.7 Å². The van der Waals surface area contributed by atoms with Crippen molar-refractivity contribution in [2.24, 2.45) is 0 Å². The van der Waals surface area contributed by atoms with Gasteiger partial charge in [0.2, 0.25) is 0 Å². The summed E-state index contributed by atoms with van der Waals surface area (Å²) in [6.45, 7) is 4.16. The van der Waals surface area contributed by atoms with Crippen LogP contribution < -0.4 is 0 Å². The highest BCUT2D eigenvalue weighted by Gasteiger charge is 2.17. The topological polar surface area (TPSA) is 64.2 Å². The van der Waals surface area contributed by atoms with Crippen LogP contribution in [0.15, 0.2) is 61.1 Å². The molecule has 6 heteroatoms. The van der Waals surface area contributed by atoms with Crippen LogP contribution in [0.3, 0.4) is 0 Å². The van der Waals surface area contributed by atoms with Gasteiger partial charge in [-0.1, -0.05) is 24.3 Å². The molecule has 3 aromatic rings. The van der Waals surface area contributed by atoms with E-state index in [-0.39, 0.29) is 10.6 Å². The summed E-state index contributed by atoms with van der Waals surface area (Å²) in [4.78, 5) is 17.3. The Kier molecular flexibility index (Phi) is 4.98. The molecule has 0 amide bonds. The summed E-state index contributed by atoms with van der Waals surface area (Å²) >= 11 is 0. The van der Waals surface area contributed by atoms with Gasteiger partial charge in [0.15, 0.2) is 0 Å². The number of hydrogen-bond donors (Lipinski definition) is 0. The quantitative estimate of drug-likeness (QED) is 0.358. The van der Waals surface area contributed by atoms with E-state index in [1.807, 2.05) is 12.5 Å². The minimum absolute atomic E-state index is 0.0993. The Morgan fingerprint density at radius 2 is 1.63 bits per heavy atom. The zero-order valence-electron chi connectivity index (χ0n) is 15.1. The lowest BCUT2D eigenvalue weighted by atomic mass is 10.1. The van der Waals surface area contributed by atoms with Crippen LogP contribution in [0.1, 0.15) is 24.0 Å². The van der Waals surface area contributed by atoms with Gasteiger partial charge in [-0.15, -0.1) is 0 Å². The van der Waals surface area contributed by atoms with Crippen LogP contribution in [0, 0.1) is 10.1 Å². The van der Waals surface area contributed by atoms with Crippen LogP contribution in [0.25, 0.3) is 11.3 Å². The Hall–Kier alpha value is -2.99. The monoisotopic (exact) mass is 362 g/mol. The summed E-state index contributed by atoms with van der Waals surface area (Å²) < 4.78 is 2.09. The number of rotatable bonds is 7. The lowest BCUT2D eigenvalue weighted by Gasteiger charge is -2.14. The summed E-state index contributed by atoms with van der Waals surface area (Å²) in [7, 11) is 0. The van der Waals surface area contributed by atoms with E-state index in [1.54, 1.807) is 12.1 Å². The van der Waals surface area contributed by atoms with Crippen molar-refractivity contribution in [3.8, 4) is 11.3 Å². The average Bonchev–Trinajstić information content (AvgIpc) is 3.32. The number of aryl methyl sites for hydroxylation is 1. The first-order valence-electron chi connectivity index (χ1n) is 9.25. The number of aromatic nitrogens is 2. The summed E-state index contributed by atoms with van der Waals surface area (Å²) in [5.74, 6) is 0. The molecule has 0 atom stereocenters. The van der Waals surface area contributed by atoms with Crippen molar-refractivity contribution in [3.63, 3.8) is 0 Å². The van der Waals surface area contributed by atoms with Gasteiger partial charge in [-0.2, -0.15) is 0 Å². The summed E-state index contributed by atoms with van der Waals surface area (Å²) in [5.41, 5.74) is 4.76. The van der Waals surface area contributed by atoms with Crippen molar-refractivity contribution in [2.75, 3.05) is 6.54 Å². The summed E-state index contributed by atoms with van der Waals surface area (Å²) in [5, 5.41) is 10.7. The Morgan fingerprint density at radius 3 is 2.30 bits per heavy atom. The number of hydrogen-bond acceptors (Lipinski definition) is 4. The number of imidazole rings is 1. The molecule has 0 N–H and O–H groups in total. The van der Waals surface area contributed by atoms with Crippen molar-refractivity contribution in [1.82, 2.24) is 14.5 Å². The Bertz CT molecular complexity index is 908. The minimum Gasteiger partial charge on any atom is -0.337 e. The first-order chi connectivity index (χ1) is 13.2.